The number of nitriles is 2. The number of ether oxygens (including phenoxy) is 4. The lowest BCUT2D eigenvalue weighted by molar-refractivity contribution is -0.136. The zero-order valence-corrected chi connectivity index (χ0v) is 73.4. The number of carbonyl (C=O) groups is 2. The van der Waals surface area contributed by atoms with Crippen molar-refractivity contribution in [3.05, 3.63) is 370 Å². The summed E-state index contributed by atoms with van der Waals surface area (Å²) in [6, 6.07) is 87.1. The molecule has 0 atom stereocenters. The van der Waals surface area contributed by atoms with Crippen molar-refractivity contribution in [1.29, 1.82) is 10.5 Å². The van der Waals surface area contributed by atoms with Crippen molar-refractivity contribution in [2.24, 2.45) is 5.73 Å². The van der Waals surface area contributed by atoms with Gasteiger partial charge in [0.05, 0.1) is 122 Å². The standard InChI is InChI=1S/C56H42N8O3.C50H37N7O2.C6H7NO2/c1-58-41-14-8-38(9-15-41)54-46-22-26-49(63-46)55(39-10-16-42(66-2)17-11-39)48-24-20-44(61-48)53(37-6-4-35(33-57)5-7-37)45-21-25-50(62-45)56(51-27-23-47(54)64-51)40-12-18-43(19-13-40)67-31-3-29-60-52(65)32-36-28-30-59-34-36;1-53-36-14-8-33(9-15-36)48-41-22-26-44(56-41)49(34-10-16-37(58-2)17-11-34)43-24-20-39(54-43)47(32-6-4-31(30-52)5-7-32)40-21-25-45(55-40)50(46-27-23-42(48)57-46)35-12-18-38(19-13-35)59-29-3-28-51;8-6(9)3-5-1-2-7-4-5/h4-28,30,34,59,61,64H,3,29,31-32H2,2H3,(H,60,65);4-27,54,57H,3,28-29,51H2,2H3;1-2,4,7H,3H2,(H,8,9). The van der Waals surface area contributed by atoms with Gasteiger partial charge in [-0.15, -0.1) is 0 Å². The normalized spacial score (nSPS) is 11.4. The van der Waals surface area contributed by atoms with E-state index in [0.717, 1.165) is 213 Å². The molecule has 23 heteroatoms. The number of rotatable bonds is 23. The van der Waals surface area contributed by atoms with Crippen molar-refractivity contribution in [3.8, 4) is 124 Å². The Kier molecular flexibility index (Phi) is 25.9. The highest BCUT2D eigenvalue weighted by Crippen LogP contribution is 2.44. The molecule has 0 spiro atoms. The molecule has 10 N–H and O–H groups in total. The summed E-state index contributed by atoms with van der Waals surface area (Å²) in [5.41, 5.74) is 37.1. The molecule has 135 heavy (non-hydrogen) atoms. The van der Waals surface area contributed by atoms with Crippen LogP contribution in [0, 0.1) is 35.8 Å². The molecule has 0 fully saturated rings. The SMILES string of the molecule is O=C(O)Cc1cc[nH]c1.[C-]#[N+]c1ccc(-c2c3nc(c(-c4ccc(OC)cc4)c4ccc([nH]4)c(-c4ccc(C#N)cc4)c4nc(c(-c5ccc(OCCCN)cc5)c5ccc2[nH]5)C=C4)C=C3)cc1.[C-]#[N+]c1ccc(-c2c3nc(c(-c4ccc(OC)cc4)c4ccc([nH]4)c(-c4ccc(C#N)cc4)c4nc(c(-c5ccc(OCCCNC(=O)Cc6cc[nH]c6)cc5)c5ccc2[nH]5)C=C4)C=C3)cc1. The van der Waals surface area contributed by atoms with Crippen molar-refractivity contribution in [2.75, 3.05) is 40.5 Å². The molecule has 16 aromatic rings. The average Bonchev–Trinajstić information content (AvgIpc) is 1.62. The van der Waals surface area contributed by atoms with Gasteiger partial charge in [0, 0.05) is 120 Å². The number of carbonyl (C=O) groups excluding carboxylic acids is 1. The number of nitrogens with one attached hydrogen (secondary N) is 7. The van der Waals surface area contributed by atoms with Crippen LogP contribution < -0.4 is 30.0 Å². The van der Waals surface area contributed by atoms with E-state index in [1.165, 1.54) is 0 Å². The molecular formula is C112H86N16O7. The first-order valence-corrected chi connectivity index (χ1v) is 43.7. The number of methoxy groups -OCH3 is 2. The molecule has 1 amide bonds. The fraction of sp³-hybridized carbons (Fsp3) is 0.0893. The molecular weight excluding hydrogens is 1680 g/mol. The minimum Gasteiger partial charge on any atom is -0.497 e. The van der Waals surface area contributed by atoms with Gasteiger partial charge in [0.25, 0.3) is 0 Å². The molecule has 0 unspecified atom stereocenters. The third-order valence-electron chi connectivity index (χ3n) is 23.3. The van der Waals surface area contributed by atoms with Crippen LogP contribution in [0.5, 0.6) is 23.0 Å². The molecule has 8 aromatic carbocycles. The number of aromatic nitrogens is 10. The smallest absolute Gasteiger partial charge is 0.307 e. The molecule has 8 aromatic heterocycles. The highest BCUT2D eigenvalue weighted by atomic mass is 16.5. The molecule has 0 saturated carbocycles. The number of aliphatic carboxylic acids is 1. The van der Waals surface area contributed by atoms with Crippen LogP contribution in [0.4, 0.5) is 11.4 Å². The fourth-order valence-electron chi connectivity index (χ4n) is 16.7. The van der Waals surface area contributed by atoms with Gasteiger partial charge in [-0.1, -0.05) is 121 Å². The van der Waals surface area contributed by atoms with E-state index in [9.17, 15) is 20.1 Å². The van der Waals surface area contributed by atoms with Crippen molar-refractivity contribution < 1.29 is 33.6 Å². The van der Waals surface area contributed by atoms with E-state index in [1.807, 2.05) is 237 Å². The van der Waals surface area contributed by atoms with Gasteiger partial charge in [-0.2, -0.15) is 10.5 Å². The zero-order valence-electron chi connectivity index (χ0n) is 73.4. The number of nitrogens with two attached hydrogens (primary N) is 1. The van der Waals surface area contributed by atoms with E-state index in [4.69, 9.17) is 62.9 Å². The van der Waals surface area contributed by atoms with Gasteiger partial charge in [0.2, 0.25) is 5.91 Å². The summed E-state index contributed by atoms with van der Waals surface area (Å²) in [5, 5.41) is 30.6. The monoisotopic (exact) mass is 1770 g/mol. The van der Waals surface area contributed by atoms with Crippen LogP contribution in [-0.4, -0.2) is 107 Å². The lowest BCUT2D eigenvalue weighted by Crippen LogP contribution is -2.26. The molecule has 12 heterocycles. The van der Waals surface area contributed by atoms with E-state index in [0.29, 0.717) is 67.4 Å². The second-order valence-corrected chi connectivity index (χ2v) is 31.9. The molecule has 4 aliphatic rings. The van der Waals surface area contributed by atoms with Crippen LogP contribution in [0.25, 0.3) is 191 Å². The zero-order chi connectivity index (χ0) is 92.7. The quantitative estimate of drug-likeness (QED) is 0.0212. The highest BCUT2D eigenvalue weighted by Gasteiger charge is 2.24. The summed E-state index contributed by atoms with van der Waals surface area (Å²) >= 11 is 0. The summed E-state index contributed by atoms with van der Waals surface area (Å²) in [4.78, 5) is 72.0. The second kappa shape index (κ2) is 40.1. The maximum absolute atomic E-state index is 12.4. The lowest BCUT2D eigenvalue weighted by Gasteiger charge is -2.09. The first-order valence-electron chi connectivity index (χ1n) is 43.7. The van der Waals surface area contributed by atoms with Crippen LogP contribution in [0.1, 0.15) is 80.6 Å². The minimum atomic E-state index is -0.797. The summed E-state index contributed by atoms with van der Waals surface area (Å²) in [5.74, 6) is 2.15. The van der Waals surface area contributed by atoms with E-state index >= 15 is 0 Å². The van der Waals surface area contributed by atoms with Gasteiger partial charge < -0.3 is 65.0 Å². The maximum atomic E-state index is 12.4. The Hall–Kier alpha value is -18.4. The summed E-state index contributed by atoms with van der Waals surface area (Å²) in [6.45, 7) is 17.3. The van der Waals surface area contributed by atoms with Gasteiger partial charge in [0.1, 0.15) is 23.0 Å². The summed E-state index contributed by atoms with van der Waals surface area (Å²) in [6.07, 6.45) is 25.2. The molecule has 16 bridgehead atoms. The van der Waals surface area contributed by atoms with E-state index < -0.39 is 5.97 Å². The number of hydrogen-bond acceptors (Lipinski definition) is 13. The molecule has 20 rings (SSSR count). The van der Waals surface area contributed by atoms with Crippen molar-refractivity contribution in [3.63, 3.8) is 0 Å². The Balaban J connectivity index is 0.000000166. The molecule has 23 nitrogen and oxygen atoms in total. The second-order valence-electron chi connectivity index (χ2n) is 31.9. The Bertz CT molecular complexity index is 7720. The van der Waals surface area contributed by atoms with Gasteiger partial charge in [-0.05, 0) is 257 Å². The van der Waals surface area contributed by atoms with Crippen LogP contribution >= 0.6 is 0 Å². The predicted molar refractivity (Wildman–Crippen MR) is 535 cm³/mol. The number of carboxylic acid groups (broad SMARTS) is 1. The third kappa shape index (κ3) is 19.5. The Morgan fingerprint density at radius 2 is 0.622 bits per heavy atom. The largest absolute Gasteiger partial charge is 0.497 e. The number of aromatic amines is 6. The van der Waals surface area contributed by atoms with Crippen molar-refractivity contribution in [2.45, 2.75) is 25.7 Å². The Morgan fingerprint density at radius 1 is 0.363 bits per heavy atom. The Morgan fingerprint density at radius 3 is 0.867 bits per heavy atom. The summed E-state index contributed by atoms with van der Waals surface area (Å²) < 4.78 is 23.1. The first-order chi connectivity index (χ1) is 66.2. The molecule has 0 aliphatic carbocycles. The van der Waals surface area contributed by atoms with Gasteiger partial charge in [-0.3, -0.25) is 9.59 Å². The van der Waals surface area contributed by atoms with Gasteiger partial charge in [0.15, 0.2) is 11.4 Å². The molecule has 0 radical (unpaired) electrons. The molecule has 0 saturated heterocycles. The highest BCUT2D eigenvalue weighted by molar-refractivity contribution is 6.03. The Labute approximate surface area is 777 Å². The molecule has 4 aliphatic heterocycles. The van der Waals surface area contributed by atoms with E-state index in [-0.39, 0.29) is 12.3 Å². The van der Waals surface area contributed by atoms with Crippen molar-refractivity contribution >= 4 is 116 Å². The number of nitrogens with zero attached hydrogens (tertiary/aromatic N) is 8. The fourth-order valence-corrected chi connectivity index (χ4v) is 16.7. The average molecular weight is 1770 g/mol. The number of carboxylic acids is 1. The molecule has 656 valence electrons. The first kappa shape index (κ1) is 87.3. The van der Waals surface area contributed by atoms with E-state index in [1.54, 1.807) is 32.7 Å². The third-order valence-corrected chi connectivity index (χ3v) is 23.3. The number of benzene rings is 8. The van der Waals surface area contributed by atoms with Crippen LogP contribution in [0.15, 0.2) is 280 Å². The lowest BCUT2D eigenvalue weighted by atomic mass is 10.0. The van der Waals surface area contributed by atoms with Gasteiger partial charge >= 0.3 is 5.97 Å². The van der Waals surface area contributed by atoms with E-state index in [2.05, 4.69) is 130 Å². The number of fused-ring (bicyclic) bond motifs is 16. The van der Waals surface area contributed by atoms with Crippen LogP contribution in [-0.2, 0) is 22.4 Å². The van der Waals surface area contributed by atoms with Crippen LogP contribution in [0.3, 0.4) is 0 Å². The number of hydrogen-bond donors (Lipinski definition) is 9. The van der Waals surface area contributed by atoms with Gasteiger partial charge in [-0.25, -0.2) is 29.6 Å². The summed E-state index contributed by atoms with van der Waals surface area (Å²) in [7, 11) is 3.31. The topological polar surface area (TPSA) is 332 Å². The number of H-pyrrole nitrogens is 6. The number of amides is 1. The van der Waals surface area contributed by atoms with Crippen LogP contribution in [0.2, 0.25) is 0 Å². The predicted octanol–water partition coefficient (Wildman–Crippen LogP) is 24.3. The minimum absolute atomic E-state index is 0.0258. The van der Waals surface area contributed by atoms with Crippen molar-refractivity contribution in [1.82, 2.24) is 55.2 Å². The maximum Gasteiger partial charge on any atom is 0.307 e.